The molecule has 1 amide bonds. The summed E-state index contributed by atoms with van der Waals surface area (Å²) in [6, 6.07) is 10.5. The van der Waals surface area contributed by atoms with Gasteiger partial charge in [-0.2, -0.15) is 0 Å². The average molecular weight is 409 g/mol. The van der Waals surface area contributed by atoms with E-state index in [2.05, 4.69) is 15.2 Å². The van der Waals surface area contributed by atoms with Gasteiger partial charge < -0.3 is 14.6 Å². The first-order chi connectivity index (χ1) is 14.6. The van der Waals surface area contributed by atoms with Gasteiger partial charge in [0, 0.05) is 37.8 Å². The Bertz CT molecular complexity index is 1010. The van der Waals surface area contributed by atoms with Gasteiger partial charge in [-0.05, 0) is 68.2 Å². The van der Waals surface area contributed by atoms with Gasteiger partial charge in [-0.1, -0.05) is 18.6 Å². The van der Waals surface area contributed by atoms with Crippen molar-refractivity contribution < 1.29 is 9.18 Å². The summed E-state index contributed by atoms with van der Waals surface area (Å²) in [5, 5.41) is 3.06. The number of aryl methyl sites for hydroxylation is 1. The molecule has 6 heteroatoms. The fourth-order valence-electron chi connectivity index (χ4n) is 4.27. The number of carbonyl (C=O) groups excluding carboxylic acids is 1. The summed E-state index contributed by atoms with van der Waals surface area (Å²) < 4.78 is 15.9. The van der Waals surface area contributed by atoms with E-state index in [1.807, 2.05) is 35.7 Å². The van der Waals surface area contributed by atoms with Crippen molar-refractivity contribution in [1.82, 2.24) is 19.6 Å². The van der Waals surface area contributed by atoms with Crippen molar-refractivity contribution in [2.24, 2.45) is 0 Å². The van der Waals surface area contributed by atoms with Crippen LogP contribution in [0.25, 0.3) is 5.65 Å². The van der Waals surface area contributed by atoms with E-state index in [1.165, 1.54) is 31.4 Å². The Balaban J connectivity index is 1.51. The van der Waals surface area contributed by atoms with Crippen LogP contribution in [0.3, 0.4) is 0 Å². The monoisotopic (exact) mass is 408 g/mol. The van der Waals surface area contributed by atoms with Gasteiger partial charge >= 0.3 is 0 Å². The predicted molar refractivity (Wildman–Crippen MR) is 116 cm³/mol. The zero-order valence-corrected chi connectivity index (χ0v) is 17.5. The number of piperidine rings is 1. The number of hydrogen-bond acceptors (Lipinski definition) is 3. The second-order valence-corrected chi connectivity index (χ2v) is 8.18. The van der Waals surface area contributed by atoms with Gasteiger partial charge in [0.2, 0.25) is 5.91 Å². The molecule has 0 aliphatic carbocycles. The summed E-state index contributed by atoms with van der Waals surface area (Å²) in [5.74, 6) is -0.593. The number of rotatable bonds is 7. The van der Waals surface area contributed by atoms with Crippen LogP contribution in [0, 0.1) is 12.7 Å². The number of benzene rings is 1. The van der Waals surface area contributed by atoms with E-state index in [1.54, 1.807) is 12.3 Å². The number of aromatic nitrogens is 2. The van der Waals surface area contributed by atoms with Crippen LogP contribution in [0.1, 0.15) is 48.4 Å². The number of nitrogens with one attached hydrogen (secondary N) is 1. The molecule has 0 spiro atoms. The standard InChI is InChI=1S/C24H29FN4O/c1-18-8-12-29-22(17-27-23(29)14-18)21(19-6-5-7-20(25)15-19)16-24(30)26-9-13-28-10-3-2-4-11-28/h5-8,12,14-15,17,21H,2-4,9-11,13,16H2,1H3,(H,26,30). The third-order valence-corrected chi connectivity index (χ3v) is 5.89. The number of pyridine rings is 1. The smallest absolute Gasteiger partial charge is 0.221 e. The van der Waals surface area contributed by atoms with Crippen LogP contribution >= 0.6 is 0 Å². The molecule has 1 atom stereocenters. The lowest BCUT2D eigenvalue weighted by Gasteiger charge is -2.26. The Labute approximate surface area is 176 Å². The summed E-state index contributed by atoms with van der Waals surface area (Å²) >= 11 is 0. The highest BCUT2D eigenvalue weighted by Gasteiger charge is 2.22. The molecule has 0 bridgehead atoms. The lowest BCUT2D eigenvalue weighted by molar-refractivity contribution is -0.121. The van der Waals surface area contributed by atoms with E-state index in [0.717, 1.165) is 42.1 Å². The topological polar surface area (TPSA) is 49.6 Å². The molecule has 5 nitrogen and oxygen atoms in total. The zero-order chi connectivity index (χ0) is 20.9. The first-order valence-corrected chi connectivity index (χ1v) is 10.8. The first-order valence-electron chi connectivity index (χ1n) is 10.8. The van der Waals surface area contributed by atoms with Gasteiger partial charge in [0.05, 0.1) is 5.69 Å². The number of imidazole rings is 1. The molecule has 3 heterocycles. The normalized spacial score (nSPS) is 15.9. The molecule has 4 rings (SSSR count). The van der Waals surface area contributed by atoms with Crippen molar-refractivity contribution >= 4 is 11.6 Å². The van der Waals surface area contributed by atoms with E-state index in [0.29, 0.717) is 6.54 Å². The Morgan fingerprint density at radius 3 is 2.83 bits per heavy atom. The van der Waals surface area contributed by atoms with Gasteiger partial charge in [0.25, 0.3) is 0 Å². The summed E-state index contributed by atoms with van der Waals surface area (Å²) in [5.41, 5.74) is 3.62. The molecule has 1 saturated heterocycles. The molecule has 1 aliphatic heterocycles. The van der Waals surface area contributed by atoms with Crippen LogP contribution in [-0.4, -0.2) is 46.4 Å². The number of likely N-dealkylation sites (tertiary alicyclic amines) is 1. The first kappa shape index (κ1) is 20.5. The van der Waals surface area contributed by atoms with Crippen LogP contribution in [0.4, 0.5) is 4.39 Å². The van der Waals surface area contributed by atoms with Crippen molar-refractivity contribution in [1.29, 1.82) is 0 Å². The van der Waals surface area contributed by atoms with Crippen molar-refractivity contribution in [3.05, 3.63) is 71.4 Å². The molecule has 30 heavy (non-hydrogen) atoms. The van der Waals surface area contributed by atoms with Crippen LogP contribution in [0.2, 0.25) is 0 Å². The molecule has 2 aromatic heterocycles. The minimum absolute atomic E-state index is 0.0247. The van der Waals surface area contributed by atoms with E-state index in [9.17, 15) is 9.18 Å². The third kappa shape index (κ3) is 4.87. The molecule has 1 aliphatic rings. The Morgan fingerprint density at radius 1 is 1.20 bits per heavy atom. The molecule has 1 unspecified atom stereocenters. The van der Waals surface area contributed by atoms with Gasteiger partial charge in [-0.25, -0.2) is 9.37 Å². The number of fused-ring (bicyclic) bond motifs is 1. The van der Waals surface area contributed by atoms with Crippen molar-refractivity contribution in [3.63, 3.8) is 0 Å². The minimum Gasteiger partial charge on any atom is -0.355 e. The van der Waals surface area contributed by atoms with Crippen molar-refractivity contribution in [2.45, 2.75) is 38.5 Å². The SMILES string of the molecule is Cc1ccn2c(C(CC(=O)NCCN3CCCCC3)c3cccc(F)c3)cnc2c1. The molecule has 1 fully saturated rings. The van der Waals surface area contributed by atoms with Crippen molar-refractivity contribution in [3.8, 4) is 0 Å². The summed E-state index contributed by atoms with van der Waals surface area (Å²) in [4.78, 5) is 19.7. The molecule has 3 aromatic rings. The van der Waals surface area contributed by atoms with Crippen LogP contribution in [0.15, 0.2) is 48.8 Å². The highest BCUT2D eigenvalue weighted by Crippen LogP contribution is 2.29. The number of carbonyl (C=O) groups is 1. The third-order valence-electron chi connectivity index (χ3n) is 5.89. The molecule has 0 saturated carbocycles. The van der Waals surface area contributed by atoms with E-state index in [-0.39, 0.29) is 24.1 Å². The van der Waals surface area contributed by atoms with E-state index in [4.69, 9.17) is 0 Å². The second-order valence-electron chi connectivity index (χ2n) is 8.18. The fraction of sp³-hybridized carbons (Fsp3) is 0.417. The minimum atomic E-state index is -0.298. The lowest BCUT2D eigenvalue weighted by Crippen LogP contribution is -2.38. The molecule has 1 N–H and O–H groups in total. The second kappa shape index (κ2) is 9.39. The zero-order valence-electron chi connectivity index (χ0n) is 17.5. The molecule has 158 valence electrons. The number of nitrogens with zero attached hydrogens (tertiary/aromatic N) is 3. The summed E-state index contributed by atoms with van der Waals surface area (Å²) in [6.45, 7) is 5.77. The average Bonchev–Trinajstić information content (AvgIpc) is 3.15. The highest BCUT2D eigenvalue weighted by molar-refractivity contribution is 5.77. The predicted octanol–water partition coefficient (Wildman–Crippen LogP) is 3.91. The molecular formula is C24H29FN4O. The highest BCUT2D eigenvalue weighted by atomic mass is 19.1. The van der Waals surface area contributed by atoms with Crippen LogP contribution < -0.4 is 5.32 Å². The quantitative estimate of drug-likeness (QED) is 0.645. The van der Waals surface area contributed by atoms with Crippen LogP contribution in [-0.2, 0) is 4.79 Å². The molecule has 1 aromatic carbocycles. The molecule has 0 radical (unpaired) electrons. The largest absolute Gasteiger partial charge is 0.355 e. The maximum absolute atomic E-state index is 14.0. The molecular weight excluding hydrogens is 379 g/mol. The Kier molecular flexibility index (Phi) is 6.43. The van der Waals surface area contributed by atoms with E-state index < -0.39 is 0 Å². The maximum atomic E-state index is 14.0. The van der Waals surface area contributed by atoms with Crippen LogP contribution in [0.5, 0.6) is 0 Å². The Morgan fingerprint density at radius 2 is 2.03 bits per heavy atom. The fourth-order valence-corrected chi connectivity index (χ4v) is 4.27. The number of hydrogen-bond donors (Lipinski definition) is 1. The maximum Gasteiger partial charge on any atom is 0.221 e. The van der Waals surface area contributed by atoms with E-state index >= 15 is 0 Å². The summed E-state index contributed by atoms with van der Waals surface area (Å²) in [6.07, 6.45) is 7.80. The van der Waals surface area contributed by atoms with Gasteiger partial charge in [0.15, 0.2) is 0 Å². The van der Waals surface area contributed by atoms with Gasteiger partial charge in [-0.15, -0.1) is 0 Å². The number of amides is 1. The number of halogens is 1. The van der Waals surface area contributed by atoms with Gasteiger partial charge in [-0.3, -0.25) is 4.79 Å². The summed E-state index contributed by atoms with van der Waals surface area (Å²) in [7, 11) is 0. The van der Waals surface area contributed by atoms with Gasteiger partial charge in [0.1, 0.15) is 11.5 Å². The Hall–Kier alpha value is -2.73. The van der Waals surface area contributed by atoms with Crippen molar-refractivity contribution in [2.75, 3.05) is 26.2 Å². The lowest BCUT2D eigenvalue weighted by atomic mass is 9.92.